The molecule has 1 spiro atoms. The molecule has 0 aromatic carbocycles. The highest BCUT2D eigenvalue weighted by molar-refractivity contribution is 7.93. The Bertz CT molecular complexity index is 1480. The van der Waals surface area contributed by atoms with Crippen molar-refractivity contribution < 1.29 is 17.6 Å². The van der Waals surface area contributed by atoms with E-state index in [2.05, 4.69) is 26.2 Å². The Morgan fingerprint density at radius 2 is 1.92 bits per heavy atom. The van der Waals surface area contributed by atoms with Crippen molar-refractivity contribution in [2.75, 3.05) is 41.9 Å². The number of hydrogen-bond donors (Lipinski definition) is 0. The number of fused-ring (bicyclic) bond motifs is 2. The fourth-order valence-corrected chi connectivity index (χ4v) is 8.70. The van der Waals surface area contributed by atoms with Gasteiger partial charge in [0.05, 0.1) is 17.5 Å². The number of sulfone groups is 1. The van der Waals surface area contributed by atoms with Crippen LogP contribution in [0.2, 0.25) is 0 Å². The van der Waals surface area contributed by atoms with Crippen LogP contribution < -0.4 is 9.80 Å². The van der Waals surface area contributed by atoms with E-state index in [0.717, 1.165) is 36.5 Å². The Morgan fingerprint density at radius 1 is 1.15 bits per heavy atom. The average Bonchev–Trinajstić information content (AvgIpc) is 3.44. The van der Waals surface area contributed by atoms with Gasteiger partial charge in [0.1, 0.15) is 30.7 Å². The van der Waals surface area contributed by atoms with Crippen LogP contribution in [-0.2, 0) is 20.0 Å². The minimum Gasteiger partial charge on any atom is -0.350 e. The summed E-state index contributed by atoms with van der Waals surface area (Å²) in [6, 6.07) is 3.31. The molecule has 0 radical (unpaired) electrons. The maximum Gasteiger partial charge on any atom is 0.247 e. The second-order valence-corrected chi connectivity index (χ2v) is 13.8. The molecule has 39 heavy (non-hydrogen) atoms. The van der Waals surface area contributed by atoms with Crippen LogP contribution in [0.25, 0.3) is 0 Å². The number of anilines is 3. The summed E-state index contributed by atoms with van der Waals surface area (Å²) < 4.78 is 37.8. The Kier molecular flexibility index (Phi) is 6.02. The molecule has 4 aliphatic rings. The molecule has 13 heteroatoms. The first kappa shape index (κ1) is 25.9. The summed E-state index contributed by atoms with van der Waals surface area (Å²) in [6.07, 6.45) is 6.31. The van der Waals surface area contributed by atoms with E-state index >= 15 is 0 Å². The second-order valence-electron chi connectivity index (χ2n) is 11.4. The molecule has 3 aliphatic heterocycles. The highest BCUT2D eigenvalue weighted by Gasteiger charge is 2.57. The molecule has 3 fully saturated rings. The molecule has 11 nitrogen and oxygen atoms in total. The van der Waals surface area contributed by atoms with Crippen molar-refractivity contribution >= 4 is 33.2 Å². The van der Waals surface area contributed by atoms with Gasteiger partial charge in [0.2, 0.25) is 5.91 Å². The third-order valence-corrected chi connectivity index (χ3v) is 11.6. The van der Waals surface area contributed by atoms with Crippen molar-refractivity contribution in [3.8, 4) is 6.07 Å². The first-order chi connectivity index (χ1) is 18.7. The highest BCUT2D eigenvalue weighted by Crippen LogP contribution is 2.56. The van der Waals surface area contributed by atoms with E-state index in [1.54, 1.807) is 11.0 Å². The van der Waals surface area contributed by atoms with Gasteiger partial charge in [0, 0.05) is 48.8 Å². The van der Waals surface area contributed by atoms with Crippen LogP contribution in [0.5, 0.6) is 0 Å². The second kappa shape index (κ2) is 9.08. The number of nitriles is 1. The summed E-state index contributed by atoms with van der Waals surface area (Å²) in [6.45, 7) is 4.02. The zero-order chi connectivity index (χ0) is 27.6. The van der Waals surface area contributed by atoms with Gasteiger partial charge in [-0.05, 0) is 39.5 Å². The van der Waals surface area contributed by atoms with E-state index in [1.165, 1.54) is 12.5 Å². The van der Waals surface area contributed by atoms with Gasteiger partial charge in [0.15, 0.2) is 20.4 Å². The Balaban J connectivity index is 1.34. The summed E-state index contributed by atoms with van der Waals surface area (Å²) in [5.41, 5.74) is 1.31. The summed E-state index contributed by atoms with van der Waals surface area (Å²) in [4.78, 5) is 28.7. The van der Waals surface area contributed by atoms with Crippen molar-refractivity contribution in [3.05, 3.63) is 29.7 Å². The SMILES string of the molecule is C[C@@H]1CN(c2ncnc3c2C2(CCC2)CN3c2cc(C#N)cnn2)[C@@H](C)CN1C(=O)[C@]1(CF)CCCS1(=O)=O. The Morgan fingerprint density at radius 3 is 2.56 bits per heavy atom. The van der Waals surface area contributed by atoms with Crippen molar-refractivity contribution in [2.24, 2.45) is 0 Å². The van der Waals surface area contributed by atoms with E-state index in [0.29, 0.717) is 30.9 Å². The topological polar surface area (TPSA) is 136 Å². The van der Waals surface area contributed by atoms with Crippen LogP contribution in [0.15, 0.2) is 18.6 Å². The molecule has 2 aromatic rings. The number of amides is 1. The van der Waals surface area contributed by atoms with Gasteiger partial charge in [-0.3, -0.25) is 4.79 Å². The maximum absolute atomic E-state index is 14.2. The number of hydrogen-bond acceptors (Lipinski definition) is 10. The maximum atomic E-state index is 14.2. The fraction of sp³-hybridized carbons (Fsp3) is 0.615. The van der Waals surface area contributed by atoms with Gasteiger partial charge in [0.25, 0.3) is 0 Å². The molecule has 2 saturated heterocycles. The van der Waals surface area contributed by atoms with Crippen LogP contribution in [0.1, 0.15) is 57.1 Å². The van der Waals surface area contributed by atoms with Gasteiger partial charge < -0.3 is 14.7 Å². The van der Waals surface area contributed by atoms with Crippen LogP contribution >= 0.6 is 0 Å². The smallest absolute Gasteiger partial charge is 0.247 e. The van der Waals surface area contributed by atoms with Gasteiger partial charge in [-0.1, -0.05) is 6.42 Å². The largest absolute Gasteiger partial charge is 0.350 e. The third-order valence-electron chi connectivity index (χ3n) is 9.13. The van der Waals surface area contributed by atoms with E-state index in [1.807, 2.05) is 18.7 Å². The first-order valence-corrected chi connectivity index (χ1v) is 15.0. The number of carbonyl (C=O) groups excluding carboxylic acids is 1. The molecular weight excluding hydrogens is 523 g/mol. The monoisotopic (exact) mass is 554 g/mol. The molecule has 6 rings (SSSR count). The average molecular weight is 555 g/mol. The minimum absolute atomic E-state index is 0.0274. The third kappa shape index (κ3) is 3.71. The number of piperazine rings is 1. The summed E-state index contributed by atoms with van der Waals surface area (Å²) >= 11 is 0. The van der Waals surface area contributed by atoms with Crippen LogP contribution in [0.3, 0.4) is 0 Å². The van der Waals surface area contributed by atoms with Crippen molar-refractivity contribution in [1.82, 2.24) is 25.1 Å². The predicted molar refractivity (Wildman–Crippen MR) is 141 cm³/mol. The highest BCUT2D eigenvalue weighted by atomic mass is 32.2. The molecule has 0 N–H and O–H groups in total. The van der Waals surface area contributed by atoms with Crippen LogP contribution in [0, 0.1) is 11.3 Å². The number of aromatic nitrogens is 4. The predicted octanol–water partition coefficient (Wildman–Crippen LogP) is 2.05. The quantitative estimate of drug-likeness (QED) is 0.552. The molecule has 0 unspecified atom stereocenters. The van der Waals surface area contributed by atoms with Crippen LogP contribution in [0.4, 0.5) is 21.8 Å². The summed E-state index contributed by atoms with van der Waals surface area (Å²) in [5.74, 6) is 1.34. The van der Waals surface area contributed by atoms with Gasteiger partial charge in [-0.15, -0.1) is 5.10 Å². The normalized spacial score (nSPS) is 28.7. The lowest BCUT2D eigenvalue weighted by molar-refractivity contribution is -0.137. The lowest BCUT2D eigenvalue weighted by Gasteiger charge is -2.48. The van der Waals surface area contributed by atoms with Crippen LogP contribution in [-0.4, -0.2) is 88.3 Å². The molecule has 5 heterocycles. The summed E-state index contributed by atoms with van der Waals surface area (Å²) in [5, 5.41) is 17.7. The minimum atomic E-state index is -3.85. The van der Waals surface area contributed by atoms with Crippen molar-refractivity contribution in [2.45, 2.75) is 68.2 Å². The Labute approximate surface area is 227 Å². The van der Waals surface area contributed by atoms with Crippen molar-refractivity contribution in [1.29, 1.82) is 5.26 Å². The molecule has 1 aliphatic carbocycles. The zero-order valence-electron chi connectivity index (χ0n) is 22.0. The molecule has 3 atom stereocenters. The first-order valence-electron chi connectivity index (χ1n) is 13.4. The molecule has 2 aromatic heterocycles. The number of rotatable bonds is 4. The lowest BCUT2D eigenvalue weighted by atomic mass is 9.66. The van der Waals surface area contributed by atoms with E-state index < -0.39 is 27.2 Å². The fourth-order valence-electron chi connectivity index (χ4n) is 6.78. The van der Waals surface area contributed by atoms with E-state index in [4.69, 9.17) is 4.98 Å². The number of nitrogens with zero attached hydrogens (tertiary/aromatic N) is 8. The molecule has 206 valence electrons. The zero-order valence-corrected chi connectivity index (χ0v) is 22.9. The van der Waals surface area contributed by atoms with E-state index in [9.17, 15) is 22.9 Å². The molecule has 0 bridgehead atoms. The van der Waals surface area contributed by atoms with Gasteiger partial charge >= 0.3 is 0 Å². The summed E-state index contributed by atoms with van der Waals surface area (Å²) in [7, 11) is -3.85. The van der Waals surface area contributed by atoms with Gasteiger partial charge in [-0.25, -0.2) is 22.8 Å². The number of alkyl halides is 1. The molecular formula is C26H31FN8O3S. The Hall–Kier alpha value is -3.40. The van der Waals surface area contributed by atoms with E-state index in [-0.39, 0.29) is 36.2 Å². The van der Waals surface area contributed by atoms with Gasteiger partial charge in [-0.2, -0.15) is 10.4 Å². The lowest BCUT2D eigenvalue weighted by Crippen LogP contribution is -2.64. The number of carbonyl (C=O) groups is 1. The van der Waals surface area contributed by atoms with Crippen molar-refractivity contribution in [3.63, 3.8) is 0 Å². The standard InChI is InChI=1S/C26H31FN8O3S/c1-17-13-34(24(36)26(14-27)7-4-8-39(26,37)38)18(2)12-33(17)22-21-23(30-16-29-22)35(15-25(21)5-3-6-25)20-9-19(10-28)11-31-32-20/h9,11,16-18H,3-8,12-15H2,1-2H3/t17-,18+,26+/m0/s1. The molecule has 1 saturated carbocycles. The molecule has 1 amide bonds. The number of halogens is 1.